The van der Waals surface area contributed by atoms with Crippen LogP contribution in [-0.4, -0.2) is 22.4 Å². The first-order chi connectivity index (χ1) is 8.74. The van der Waals surface area contributed by atoms with Crippen molar-refractivity contribution in [3.05, 3.63) is 41.2 Å². The van der Waals surface area contributed by atoms with Crippen molar-refractivity contribution in [2.24, 2.45) is 0 Å². The van der Waals surface area contributed by atoms with Crippen LogP contribution in [0.3, 0.4) is 0 Å². The van der Waals surface area contributed by atoms with Crippen molar-refractivity contribution in [3.63, 3.8) is 0 Å². The van der Waals surface area contributed by atoms with Crippen LogP contribution in [0.25, 0.3) is 11.3 Å². The molecular formula is C13H12BrClN2O. The molecule has 0 bridgehead atoms. The van der Waals surface area contributed by atoms with Crippen molar-refractivity contribution in [3.8, 4) is 17.1 Å². The standard InChI is InChI=1S/C13H12BrClN2O/c1-18-13-12(9-3-2-4-10(15)7-9)17-11(5-6-14)8-16-13/h2-4,7-8H,5-6H2,1H3. The molecule has 0 aliphatic heterocycles. The van der Waals surface area contributed by atoms with Gasteiger partial charge in [0.15, 0.2) is 0 Å². The Balaban J connectivity index is 2.49. The van der Waals surface area contributed by atoms with E-state index in [9.17, 15) is 0 Å². The summed E-state index contributed by atoms with van der Waals surface area (Å²) in [5.41, 5.74) is 2.55. The third-order valence-corrected chi connectivity index (χ3v) is 3.06. The van der Waals surface area contributed by atoms with Gasteiger partial charge in [0.25, 0.3) is 0 Å². The molecular weight excluding hydrogens is 316 g/mol. The predicted molar refractivity (Wildman–Crippen MR) is 76.5 cm³/mol. The lowest BCUT2D eigenvalue weighted by atomic mass is 10.1. The monoisotopic (exact) mass is 326 g/mol. The minimum atomic E-state index is 0.510. The highest BCUT2D eigenvalue weighted by molar-refractivity contribution is 9.09. The maximum Gasteiger partial charge on any atom is 0.240 e. The predicted octanol–water partition coefficient (Wildman–Crippen LogP) is 3.74. The van der Waals surface area contributed by atoms with Crippen LogP contribution < -0.4 is 4.74 Å². The Labute approximate surface area is 119 Å². The third-order valence-electron chi connectivity index (χ3n) is 2.43. The van der Waals surface area contributed by atoms with Crippen molar-refractivity contribution in [2.45, 2.75) is 6.42 Å². The molecule has 5 heteroatoms. The first kappa shape index (κ1) is 13.3. The van der Waals surface area contributed by atoms with Gasteiger partial charge in [-0.2, -0.15) is 0 Å². The SMILES string of the molecule is COc1ncc(CCBr)nc1-c1cccc(Cl)c1. The Bertz CT molecular complexity index is 548. The minimum absolute atomic E-state index is 0.510. The Morgan fingerprint density at radius 3 is 2.89 bits per heavy atom. The van der Waals surface area contributed by atoms with E-state index in [0.29, 0.717) is 10.9 Å². The summed E-state index contributed by atoms with van der Waals surface area (Å²) in [6, 6.07) is 7.51. The average Bonchev–Trinajstić information content (AvgIpc) is 2.39. The van der Waals surface area contributed by atoms with E-state index >= 15 is 0 Å². The number of rotatable bonds is 4. The molecule has 94 valence electrons. The largest absolute Gasteiger partial charge is 0.479 e. The van der Waals surface area contributed by atoms with Gasteiger partial charge in [-0.1, -0.05) is 39.7 Å². The van der Waals surface area contributed by atoms with Gasteiger partial charge in [-0.15, -0.1) is 0 Å². The van der Waals surface area contributed by atoms with Crippen LogP contribution in [0.1, 0.15) is 5.69 Å². The van der Waals surface area contributed by atoms with Gasteiger partial charge in [0.1, 0.15) is 5.69 Å². The van der Waals surface area contributed by atoms with Crippen LogP contribution in [0.4, 0.5) is 0 Å². The zero-order valence-corrected chi connectivity index (χ0v) is 12.2. The first-order valence-electron chi connectivity index (χ1n) is 5.46. The summed E-state index contributed by atoms with van der Waals surface area (Å²) in [5, 5.41) is 1.52. The van der Waals surface area contributed by atoms with Gasteiger partial charge in [0, 0.05) is 22.3 Å². The van der Waals surface area contributed by atoms with Crippen LogP contribution in [0, 0.1) is 0 Å². The molecule has 0 aliphatic carbocycles. The molecule has 0 radical (unpaired) electrons. The lowest BCUT2D eigenvalue weighted by Gasteiger charge is -2.08. The number of methoxy groups -OCH3 is 1. The van der Waals surface area contributed by atoms with E-state index in [1.807, 2.05) is 24.3 Å². The Hall–Kier alpha value is -1.13. The molecule has 18 heavy (non-hydrogen) atoms. The van der Waals surface area contributed by atoms with E-state index in [1.165, 1.54) is 0 Å². The van der Waals surface area contributed by atoms with Crippen molar-refractivity contribution >= 4 is 27.5 Å². The van der Waals surface area contributed by atoms with Crippen molar-refractivity contribution in [1.82, 2.24) is 9.97 Å². The number of alkyl halides is 1. The van der Waals surface area contributed by atoms with E-state index < -0.39 is 0 Å². The van der Waals surface area contributed by atoms with Gasteiger partial charge in [-0.05, 0) is 12.1 Å². The lowest BCUT2D eigenvalue weighted by Crippen LogP contribution is -1.99. The maximum atomic E-state index is 5.99. The van der Waals surface area contributed by atoms with Crippen LogP contribution >= 0.6 is 27.5 Å². The normalized spacial score (nSPS) is 10.4. The number of aryl methyl sites for hydroxylation is 1. The number of aromatic nitrogens is 2. The zero-order chi connectivity index (χ0) is 13.0. The molecule has 0 saturated heterocycles. The van der Waals surface area contributed by atoms with Crippen LogP contribution in [0.2, 0.25) is 5.02 Å². The molecule has 0 amide bonds. The Morgan fingerprint density at radius 2 is 2.22 bits per heavy atom. The second-order valence-electron chi connectivity index (χ2n) is 3.67. The Morgan fingerprint density at radius 1 is 1.39 bits per heavy atom. The van der Waals surface area contributed by atoms with Gasteiger partial charge in [-0.25, -0.2) is 9.97 Å². The van der Waals surface area contributed by atoms with Gasteiger partial charge < -0.3 is 4.74 Å². The van der Waals surface area contributed by atoms with Crippen molar-refractivity contribution < 1.29 is 4.74 Å². The zero-order valence-electron chi connectivity index (χ0n) is 9.86. The smallest absolute Gasteiger partial charge is 0.240 e. The van der Waals surface area contributed by atoms with Crippen LogP contribution in [0.15, 0.2) is 30.5 Å². The molecule has 2 rings (SSSR count). The van der Waals surface area contributed by atoms with Gasteiger partial charge in [-0.3, -0.25) is 0 Å². The third kappa shape index (κ3) is 3.00. The molecule has 1 aromatic carbocycles. The fraction of sp³-hybridized carbons (Fsp3) is 0.231. The van der Waals surface area contributed by atoms with Crippen molar-refractivity contribution in [1.29, 1.82) is 0 Å². The molecule has 0 atom stereocenters. The number of hydrogen-bond donors (Lipinski definition) is 0. The number of nitrogens with zero attached hydrogens (tertiary/aromatic N) is 2. The summed E-state index contributed by atoms with van der Waals surface area (Å²) in [4.78, 5) is 8.84. The summed E-state index contributed by atoms with van der Waals surface area (Å²) in [7, 11) is 1.59. The quantitative estimate of drug-likeness (QED) is 0.802. The highest BCUT2D eigenvalue weighted by Crippen LogP contribution is 2.27. The number of halogens is 2. The van der Waals surface area contributed by atoms with E-state index in [4.69, 9.17) is 16.3 Å². The molecule has 0 spiro atoms. The Kier molecular flexibility index (Phi) is 4.55. The summed E-state index contributed by atoms with van der Waals surface area (Å²) >= 11 is 9.39. The van der Waals surface area contributed by atoms with Crippen LogP contribution in [0.5, 0.6) is 5.88 Å². The van der Waals surface area contributed by atoms with Crippen LogP contribution in [-0.2, 0) is 6.42 Å². The fourth-order valence-corrected chi connectivity index (χ4v) is 2.20. The topological polar surface area (TPSA) is 35.0 Å². The van der Waals surface area contributed by atoms with Gasteiger partial charge >= 0.3 is 0 Å². The summed E-state index contributed by atoms with van der Waals surface area (Å²) in [5.74, 6) is 0.510. The second kappa shape index (κ2) is 6.16. The lowest BCUT2D eigenvalue weighted by molar-refractivity contribution is 0.397. The van der Waals surface area contributed by atoms with Crippen molar-refractivity contribution in [2.75, 3.05) is 12.4 Å². The molecule has 0 N–H and O–H groups in total. The summed E-state index contributed by atoms with van der Waals surface area (Å²) in [6.07, 6.45) is 2.55. The van der Waals surface area contributed by atoms with E-state index in [-0.39, 0.29) is 0 Å². The number of ether oxygens (including phenoxy) is 1. The molecule has 1 aromatic heterocycles. The molecule has 2 aromatic rings. The maximum absolute atomic E-state index is 5.99. The summed E-state index contributed by atoms with van der Waals surface area (Å²) in [6.45, 7) is 0. The van der Waals surface area contributed by atoms with Gasteiger partial charge in [0.05, 0.1) is 19.0 Å². The molecule has 0 aliphatic rings. The van der Waals surface area contributed by atoms with E-state index in [1.54, 1.807) is 13.3 Å². The highest BCUT2D eigenvalue weighted by atomic mass is 79.9. The molecule has 0 fully saturated rings. The molecule has 0 unspecified atom stereocenters. The first-order valence-corrected chi connectivity index (χ1v) is 6.96. The molecule has 0 saturated carbocycles. The second-order valence-corrected chi connectivity index (χ2v) is 4.90. The highest BCUT2D eigenvalue weighted by Gasteiger charge is 2.10. The van der Waals surface area contributed by atoms with Gasteiger partial charge in [0.2, 0.25) is 5.88 Å². The molecule has 1 heterocycles. The number of hydrogen-bond acceptors (Lipinski definition) is 3. The van der Waals surface area contributed by atoms with E-state index in [2.05, 4.69) is 25.9 Å². The fourth-order valence-electron chi connectivity index (χ4n) is 1.61. The minimum Gasteiger partial charge on any atom is -0.479 e. The molecule has 3 nitrogen and oxygen atoms in total. The average molecular weight is 328 g/mol. The van der Waals surface area contributed by atoms with E-state index in [0.717, 1.165) is 28.7 Å². The number of benzene rings is 1. The summed E-state index contributed by atoms with van der Waals surface area (Å²) < 4.78 is 5.24.